The highest BCUT2D eigenvalue weighted by atomic mass is 35.5. The van der Waals surface area contributed by atoms with E-state index in [9.17, 15) is 8.78 Å². The average molecular weight is 208 g/mol. The van der Waals surface area contributed by atoms with Crippen molar-refractivity contribution in [3.05, 3.63) is 22.5 Å². The second-order valence-corrected chi connectivity index (χ2v) is 2.78. The van der Waals surface area contributed by atoms with Crippen molar-refractivity contribution < 1.29 is 8.78 Å². The van der Waals surface area contributed by atoms with Crippen LogP contribution in [0.4, 0.5) is 14.5 Å². The monoisotopic (exact) mass is 207 g/mol. The van der Waals surface area contributed by atoms with E-state index >= 15 is 0 Å². The van der Waals surface area contributed by atoms with E-state index in [2.05, 4.69) is 4.98 Å². The fraction of sp³-hybridized carbons (Fsp3) is 0.286. The molecule has 0 aliphatic carbocycles. The van der Waals surface area contributed by atoms with E-state index in [0.717, 1.165) is 0 Å². The third kappa shape index (κ3) is 2.05. The molecule has 72 valence electrons. The summed E-state index contributed by atoms with van der Waals surface area (Å²) in [5, 5.41) is -0.118. The summed E-state index contributed by atoms with van der Waals surface area (Å²) < 4.78 is 24.6. The average Bonchev–Trinajstić information content (AvgIpc) is 2.08. The van der Waals surface area contributed by atoms with Crippen LogP contribution in [0.15, 0.2) is 6.07 Å². The predicted octanol–water partition coefficient (Wildman–Crippen LogP) is 1.71. The zero-order chi connectivity index (χ0) is 10.0. The van der Waals surface area contributed by atoms with E-state index in [1.54, 1.807) is 0 Å². The van der Waals surface area contributed by atoms with Gasteiger partial charge in [-0.1, -0.05) is 11.6 Å². The van der Waals surface area contributed by atoms with E-state index in [1.807, 2.05) is 0 Å². The van der Waals surface area contributed by atoms with Crippen LogP contribution >= 0.6 is 11.6 Å². The van der Waals surface area contributed by atoms with E-state index in [4.69, 9.17) is 23.1 Å². The van der Waals surface area contributed by atoms with Crippen molar-refractivity contribution in [1.82, 2.24) is 4.98 Å². The van der Waals surface area contributed by atoms with Gasteiger partial charge in [-0.05, 0) is 11.6 Å². The first-order valence-corrected chi connectivity index (χ1v) is 3.87. The Bertz CT molecular complexity index is 317. The minimum atomic E-state index is -2.68. The summed E-state index contributed by atoms with van der Waals surface area (Å²) in [6.07, 6.45) is -2.68. The van der Waals surface area contributed by atoms with E-state index in [1.165, 1.54) is 6.07 Å². The van der Waals surface area contributed by atoms with Gasteiger partial charge in [0, 0.05) is 6.54 Å². The molecule has 0 saturated carbocycles. The van der Waals surface area contributed by atoms with Crippen molar-refractivity contribution in [3.8, 4) is 0 Å². The van der Waals surface area contributed by atoms with Crippen LogP contribution in [0.5, 0.6) is 0 Å². The number of nitrogens with zero attached hydrogens (tertiary/aromatic N) is 1. The molecule has 1 aromatic heterocycles. The highest BCUT2D eigenvalue weighted by Crippen LogP contribution is 2.26. The van der Waals surface area contributed by atoms with E-state index < -0.39 is 12.1 Å². The smallest absolute Gasteiger partial charge is 0.280 e. The maximum atomic E-state index is 12.3. The third-order valence-electron chi connectivity index (χ3n) is 1.54. The zero-order valence-electron chi connectivity index (χ0n) is 6.60. The fourth-order valence-electron chi connectivity index (χ4n) is 0.916. The summed E-state index contributed by atoms with van der Waals surface area (Å²) in [6, 6.07) is 1.32. The van der Waals surface area contributed by atoms with Crippen molar-refractivity contribution in [2.75, 3.05) is 5.73 Å². The topological polar surface area (TPSA) is 64.9 Å². The molecule has 0 fully saturated rings. The summed E-state index contributed by atoms with van der Waals surface area (Å²) in [6.45, 7) is -0.0337. The van der Waals surface area contributed by atoms with Gasteiger partial charge < -0.3 is 11.5 Å². The highest BCUT2D eigenvalue weighted by Gasteiger charge is 2.16. The molecule has 13 heavy (non-hydrogen) atoms. The quantitative estimate of drug-likeness (QED) is 0.726. The molecule has 0 aliphatic rings. The summed E-state index contributed by atoms with van der Waals surface area (Å²) in [5.74, 6) is 0. The summed E-state index contributed by atoms with van der Waals surface area (Å²) >= 11 is 5.48. The molecule has 0 saturated heterocycles. The van der Waals surface area contributed by atoms with Gasteiger partial charge in [-0.15, -0.1) is 0 Å². The number of anilines is 1. The molecule has 4 N–H and O–H groups in total. The lowest BCUT2D eigenvalue weighted by Gasteiger charge is -2.07. The maximum absolute atomic E-state index is 12.3. The van der Waals surface area contributed by atoms with Crippen LogP contribution in [0, 0.1) is 0 Å². The van der Waals surface area contributed by atoms with Crippen molar-refractivity contribution in [3.63, 3.8) is 0 Å². The highest BCUT2D eigenvalue weighted by molar-refractivity contribution is 6.31. The molecule has 1 rings (SSSR count). The largest absolute Gasteiger partial charge is 0.396 e. The number of halogens is 3. The van der Waals surface area contributed by atoms with Gasteiger partial charge in [0.25, 0.3) is 6.43 Å². The Hall–Kier alpha value is -0.940. The van der Waals surface area contributed by atoms with Gasteiger partial charge in [-0.25, -0.2) is 13.8 Å². The molecule has 1 heterocycles. The van der Waals surface area contributed by atoms with Gasteiger partial charge in [0.2, 0.25) is 0 Å². The molecule has 0 unspecified atom stereocenters. The number of aromatic nitrogens is 1. The normalized spacial score (nSPS) is 10.8. The SMILES string of the molecule is NCc1cc(N)c(Cl)nc1C(F)F. The molecule has 0 atom stereocenters. The lowest BCUT2D eigenvalue weighted by molar-refractivity contribution is 0.145. The number of alkyl halides is 2. The van der Waals surface area contributed by atoms with E-state index in [0.29, 0.717) is 0 Å². The number of nitrogens with two attached hydrogens (primary N) is 2. The van der Waals surface area contributed by atoms with Crippen LogP contribution in [0.3, 0.4) is 0 Å². The van der Waals surface area contributed by atoms with E-state index in [-0.39, 0.29) is 22.9 Å². The molecular weight excluding hydrogens is 200 g/mol. The molecule has 0 radical (unpaired) electrons. The third-order valence-corrected chi connectivity index (χ3v) is 1.84. The number of pyridine rings is 1. The van der Waals surface area contributed by atoms with Crippen LogP contribution in [0.25, 0.3) is 0 Å². The van der Waals surface area contributed by atoms with Crippen LogP contribution in [-0.2, 0) is 6.54 Å². The lowest BCUT2D eigenvalue weighted by atomic mass is 10.2. The second-order valence-electron chi connectivity index (χ2n) is 2.42. The first-order chi connectivity index (χ1) is 6.06. The van der Waals surface area contributed by atoms with Gasteiger partial charge in [-0.3, -0.25) is 0 Å². The number of rotatable bonds is 2. The Morgan fingerprint density at radius 1 is 1.54 bits per heavy atom. The maximum Gasteiger partial charge on any atom is 0.280 e. The molecule has 0 aliphatic heterocycles. The summed E-state index contributed by atoms with van der Waals surface area (Å²) in [4.78, 5) is 3.45. The minimum absolute atomic E-state index is 0.0337. The molecule has 0 bridgehead atoms. The van der Waals surface area contributed by atoms with Gasteiger partial charge in [0.1, 0.15) is 5.69 Å². The molecule has 3 nitrogen and oxygen atoms in total. The predicted molar refractivity (Wildman–Crippen MR) is 46.5 cm³/mol. The Labute approximate surface area is 78.7 Å². The molecule has 0 spiro atoms. The van der Waals surface area contributed by atoms with Gasteiger partial charge >= 0.3 is 0 Å². The van der Waals surface area contributed by atoms with Crippen LogP contribution < -0.4 is 11.5 Å². The summed E-state index contributed by atoms with van der Waals surface area (Å²) in [5.41, 5.74) is 10.6. The molecular formula is C7H8ClF2N3. The van der Waals surface area contributed by atoms with Crippen LogP contribution in [-0.4, -0.2) is 4.98 Å². The zero-order valence-corrected chi connectivity index (χ0v) is 7.35. The minimum Gasteiger partial charge on any atom is -0.396 e. The first-order valence-electron chi connectivity index (χ1n) is 3.49. The Morgan fingerprint density at radius 2 is 2.15 bits per heavy atom. The lowest BCUT2D eigenvalue weighted by Crippen LogP contribution is -2.06. The Balaban J connectivity index is 3.25. The van der Waals surface area contributed by atoms with Crippen LogP contribution in [0.1, 0.15) is 17.7 Å². The molecule has 0 amide bonds. The van der Waals surface area contributed by atoms with Gasteiger partial charge in [-0.2, -0.15) is 0 Å². The molecule has 1 aromatic rings. The van der Waals surface area contributed by atoms with Crippen molar-refractivity contribution in [1.29, 1.82) is 0 Å². The number of hydrogen-bond acceptors (Lipinski definition) is 3. The van der Waals surface area contributed by atoms with Crippen molar-refractivity contribution in [2.24, 2.45) is 5.73 Å². The number of nitrogen functional groups attached to an aromatic ring is 1. The molecule has 0 aromatic carbocycles. The Kier molecular flexibility index (Phi) is 3.00. The number of hydrogen-bond donors (Lipinski definition) is 2. The first kappa shape index (κ1) is 10.1. The second kappa shape index (κ2) is 3.85. The Morgan fingerprint density at radius 3 is 2.62 bits per heavy atom. The van der Waals surface area contributed by atoms with Crippen LogP contribution in [0.2, 0.25) is 5.15 Å². The standard InChI is InChI=1S/C7H8ClF2N3/c8-6-4(12)1-3(2-11)5(13-6)7(9)10/h1,7H,2,11-12H2. The van der Waals surface area contributed by atoms with Gasteiger partial charge in [0.05, 0.1) is 5.69 Å². The summed E-state index contributed by atoms with van der Waals surface area (Å²) in [7, 11) is 0. The molecule has 6 heteroatoms. The van der Waals surface area contributed by atoms with Crippen molar-refractivity contribution >= 4 is 17.3 Å². The van der Waals surface area contributed by atoms with Crippen molar-refractivity contribution in [2.45, 2.75) is 13.0 Å². The fourth-order valence-corrected chi connectivity index (χ4v) is 1.06. The van der Waals surface area contributed by atoms with Gasteiger partial charge in [0.15, 0.2) is 5.15 Å².